The molecule has 0 spiro atoms. The fraction of sp³-hybridized carbons (Fsp3) is 0.500. The number of hydrogen-bond acceptors (Lipinski definition) is 3. The number of halogens is 1. The second kappa shape index (κ2) is 4.28. The lowest BCUT2D eigenvalue weighted by Gasteiger charge is -2.42. The Morgan fingerprint density at radius 2 is 2.50 bits per heavy atom. The topological polar surface area (TPSA) is 25.4 Å². The van der Waals surface area contributed by atoms with Crippen molar-refractivity contribution in [3.05, 3.63) is 22.9 Å². The monoisotopic (exact) mass is 256 g/mol. The van der Waals surface area contributed by atoms with Gasteiger partial charge in [0.15, 0.2) is 0 Å². The molecule has 14 heavy (non-hydrogen) atoms. The van der Waals surface area contributed by atoms with Crippen molar-refractivity contribution in [2.24, 2.45) is 0 Å². The molecule has 0 N–H and O–H groups in total. The summed E-state index contributed by atoms with van der Waals surface area (Å²) in [5.74, 6) is 0. The van der Waals surface area contributed by atoms with Crippen LogP contribution in [0.25, 0.3) is 0 Å². The maximum absolute atomic E-state index is 5.15. The van der Waals surface area contributed by atoms with E-state index in [0.717, 1.165) is 17.8 Å². The standard InChI is InChI=1S/C10H13BrN2O/c1-14-7-9-4-5-13(9)8-2-3-10(11)12-6-8/h2-3,6,9H,4-5,7H2,1H3. The molecule has 0 amide bonds. The van der Waals surface area contributed by atoms with E-state index in [1.807, 2.05) is 12.3 Å². The van der Waals surface area contributed by atoms with Gasteiger partial charge in [0.05, 0.1) is 24.5 Å². The number of methoxy groups -OCH3 is 1. The summed E-state index contributed by atoms with van der Waals surface area (Å²) in [5, 5.41) is 0. The van der Waals surface area contributed by atoms with Gasteiger partial charge >= 0.3 is 0 Å². The third-order valence-electron chi connectivity index (χ3n) is 2.55. The number of ether oxygens (including phenoxy) is 1. The number of rotatable bonds is 3. The molecular weight excluding hydrogens is 244 g/mol. The number of nitrogens with zero attached hydrogens (tertiary/aromatic N) is 2. The number of pyridine rings is 1. The zero-order chi connectivity index (χ0) is 9.97. The molecule has 1 fully saturated rings. The van der Waals surface area contributed by atoms with Gasteiger partial charge < -0.3 is 9.64 Å². The lowest BCUT2D eigenvalue weighted by Crippen LogP contribution is -2.50. The average molecular weight is 257 g/mol. The highest BCUT2D eigenvalue weighted by molar-refractivity contribution is 9.10. The molecule has 0 aromatic carbocycles. The van der Waals surface area contributed by atoms with Crippen LogP contribution in [0.15, 0.2) is 22.9 Å². The second-order valence-electron chi connectivity index (χ2n) is 3.43. The fourth-order valence-electron chi connectivity index (χ4n) is 1.68. The first kappa shape index (κ1) is 9.93. The summed E-state index contributed by atoms with van der Waals surface area (Å²) in [6, 6.07) is 4.58. The largest absolute Gasteiger partial charge is 0.383 e. The van der Waals surface area contributed by atoms with Crippen molar-refractivity contribution in [3.8, 4) is 0 Å². The quantitative estimate of drug-likeness (QED) is 0.775. The molecule has 2 rings (SSSR count). The van der Waals surface area contributed by atoms with Crippen molar-refractivity contribution >= 4 is 21.6 Å². The SMILES string of the molecule is COCC1CCN1c1ccc(Br)nc1. The van der Waals surface area contributed by atoms with Crippen LogP contribution in [-0.4, -0.2) is 31.3 Å². The van der Waals surface area contributed by atoms with E-state index in [4.69, 9.17) is 4.74 Å². The van der Waals surface area contributed by atoms with Crippen LogP contribution in [0.4, 0.5) is 5.69 Å². The molecule has 0 aliphatic carbocycles. The molecule has 1 saturated heterocycles. The molecule has 0 saturated carbocycles. The van der Waals surface area contributed by atoms with E-state index in [-0.39, 0.29) is 0 Å². The van der Waals surface area contributed by atoms with Gasteiger partial charge in [-0.3, -0.25) is 0 Å². The minimum atomic E-state index is 0.531. The molecule has 1 aliphatic heterocycles. The Balaban J connectivity index is 2.04. The summed E-state index contributed by atoms with van der Waals surface area (Å²) in [7, 11) is 1.75. The summed E-state index contributed by atoms with van der Waals surface area (Å²) >= 11 is 3.33. The Morgan fingerprint density at radius 3 is 3.00 bits per heavy atom. The molecule has 1 aromatic rings. The Kier molecular flexibility index (Phi) is 3.03. The Morgan fingerprint density at radius 1 is 1.64 bits per heavy atom. The van der Waals surface area contributed by atoms with Crippen LogP contribution < -0.4 is 4.90 Å². The van der Waals surface area contributed by atoms with Crippen molar-refractivity contribution in [2.75, 3.05) is 25.2 Å². The van der Waals surface area contributed by atoms with Crippen molar-refractivity contribution in [1.82, 2.24) is 4.98 Å². The average Bonchev–Trinajstić information content (AvgIpc) is 2.16. The van der Waals surface area contributed by atoms with Gasteiger partial charge in [-0.2, -0.15) is 0 Å². The summed E-state index contributed by atoms with van der Waals surface area (Å²) in [5.41, 5.74) is 1.18. The molecule has 0 bridgehead atoms. The third-order valence-corrected chi connectivity index (χ3v) is 3.02. The van der Waals surface area contributed by atoms with Crippen LogP contribution in [0.2, 0.25) is 0 Å². The zero-order valence-electron chi connectivity index (χ0n) is 8.11. The first-order chi connectivity index (χ1) is 6.81. The van der Waals surface area contributed by atoms with Gasteiger partial charge in [0.2, 0.25) is 0 Å². The molecular formula is C10H13BrN2O. The van der Waals surface area contributed by atoms with E-state index in [2.05, 4.69) is 31.9 Å². The number of anilines is 1. The van der Waals surface area contributed by atoms with Gasteiger partial charge in [-0.1, -0.05) is 0 Å². The van der Waals surface area contributed by atoms with Gasteiger partial charge in [-0.15, -0.1) is 0 Å². The first-order valence-corrected chi connectivity index (χ1v) is 5.47. The van der Waals surface area contributed by atoms with E-state index < -0.39 is 0 Å². The molecule has 0 radical (unpaired) electrons. The molecule has 1 atom stereocenters. The highest BCUT2D eigenvalue weighted by Gasteiger charge is 2.27. The Hall–Kier alpha value is -0.610. The van der Waals surface area contributed by atoms with E-state index >= 15 is 0 Å². The second-order valence-corrected chi connectivity index (χ2v) is 4.24. The third kappa shape index (κ3) is 1.91. The molecule has 2 heterocycles. The van der Waals surface area contributed by atoms with Crippen molar-refractivity contribution in [1.29, 1.82) is 0 Å². The van der Waals surface area contributed by atoms with Crippen molar-refractivity contribution in [3.63, 3.8) is 0 Å². The maximum atomic E-state index is 5.15. The van der Waals surface area contributed by atoms with E-state index in [0.29, 0.717) is 6.04 Å². The molecule has 1 unspecified atom stereocenters. The maximum Gasteiger partial charge on any atom is 0.106 e. The fourth-order valence-corrected chi connectivity index (χ4v) is 1.92. The highest BCUT2D eigenvalue weighted by Crippen LogP contribution is 2.26. The minimum absolute atomic E-state index is 0.531. The van der Waals surface area contributed by atoms with Crippen LogP contribution in [0.5, 0.6) is 0 Å². The lowest BCUT2D eigenvalue weighted by atomic mass is 10.0. The van der Waals surface area contributed by atoms with Crippen LogP contribution in [-0.2, 0) is 4.74 Å². The molecule has 3 nitrogen and oxygen atoms in total. The van der Waals surface area contributed by atoms with Gasteiger partial charge in [0, 0.05) is 13.7 Å². The van der Waals surface area contributed by atoms with Gasteiger partial charge in [-0.05, 0) is 34.5 Å². The van der Waals surface area contributed by atoms with Gasteiger partial charge in [0.25, 0.3) is 0 Å². The smallest absolute Gasteiger partial charge is 0.106 e. The van der Waals surface area contributed by atoms with Gasteiger partial charge in [-0.25, -0.2) is 4.98 Å². The minimum Gasteiger partial charge on any atom is -0.383 e. The van der Waals surface area contributed by atoms with Crippen LogP contribution in [0, 0.1) is 0 Å². The first-order valence-electron chi connectivity index (χ1n) is 4.68. The van der Waals surface area contributed by atoms with Crippen molar-refractivity contribution in [2.45, 2.75) is 12.5 Å². The Bertz CT molecular complexity index is 301. The van der Waals surface area contributed by atoms with E-state index in [1.165, 1.54) is 12.1 Å². The van der Waals surface area contributed by atoms with Crippen LogP contribution >= 0.6 is 15.9 Å². The van der Waals surface area contributed by atoms with Crippen LogP contribution in [0.3, 0.4) is 0 Å². The number of hydrogen-bond donors (Lipinski definition) is 0. The summed E-state index contributed by atoms with van der Waals surface area (Å²) in [6.07, 6.45) is 3.11. The van der Waals surface area contributed by atoms with Gasteiger partial charge in [0.1, 0.15) is 4.60 Å². The van der Waals surface area contributed by atoms with E-state index in [1.54, 1.807) is 7.11 Å². The predicted octanol–water partition coefficient (Wildman–Crippen LogP) is 2.07. The number of aromatic nitrogens is 1. The van der Waals surface area contributed by atoms with E-state index in [9.17, 15) is 0 Å². The zero-order valence-corrected chi connectivity index (χ0v) is 9.70. The molecule has 4 heteroatoms. The molecule has 76 valence electrons. The summed E-state index contributed by atoms with van der Waals surface area (Å²) in [4.78, 5) is 6.53. The lowest BCUT2D eigenvalue weighted by molar-refractivity contribution is 0.157. The Labute approximate surface area is 92.2 Å². The predicted molar refractivity (Wildman–Crippen MR) is 59.6 cm³/mol. The highest BCUT2D eigenvalue weighted by atomic mass is 79.9. The molecule has 1 aliphatic rings. The van der Waals surface area contributed by atoms with Crippen molar-refractivity contribution < 1.29 is 4.74 Å². The molecule has 1 aromatic heterocycles. The van der Waals surface area contributed by atoms with Crippen LogP contribution in [0.1, 0.15) is 6.42 Å². The normalized spacial score (nSPS) is 20.7. The summed E-state index contributed by atoms with van der Waals surface area (Å²) in [6.45, 7) is 1.91. The summed E-state index contributed by atoms with van der Waals surface area (Å²) < 4.78 is 6.03.